The van der Waals surface area contributed by atoms with Crippen molar-refractivity contribution in [1.29, 1.82) is 0 Å². The van der Waals surface area contributed by atoms with Crippen molar-refractivity contribution in [2.24, 2.45) is 0 Å². The van der Waals surface area contributed by atoms with Crippen LogP contribution in [0.4, 0.5) is 22.0 Å². The van der Waals surface area contributed by atoms with Gasteiger partial charge in [0.15, 0.2) is 5.65 Å². The number of benzene rings is 1. The smallest absolute Gasteiger partial charge is 0.319 e. The number of pyridine rings is 2. The van der Waals surface area contributed by atoms with Gasteiger partial charge in [-0.2, -0.15) is 0 Å². The van der Waals surface area contributed by atoms with Crippen LogP contribution in [0.5, 0.6) is 0 Å². The molecule has 1 saturated heterocycles. The van der Waals surface area contributed by atoms with Gasteiger partial charge in [-0.3, -0.25) is 4.79 Å². The first kappa shape index (κ1) is 27.0. The summed E-state index contributed by atoms with van der Waals surface area (Å²) in [4.78, 5) is 43.2. The fourth-order valence-corrected chi connectivity index (χ4v) is 4.94. The summed E-state index contributed by atoms with van der Waals surface area (Å²) >= 11 is 0. The monoisotopic (exact) mass is 565 g/mol. The highest BCUT2D eigenvalue weighted by molar-refractivity contribution is 5.94. The number of aromatic nitrogens is 5. The molecule has 0 aliphatic carbocycles. The van der Waals surface area contributed by atoms with Gasteiger partial charge in [0.25, 0.3) is 5.91 Å². The molecule has 1 fully saturated rings. The van der Waals surface area contributed by atoms with Gasteiger partial charge in [0.1, 0.15) is 5.82 Å². The molecule has 0 spiro atoms. The van der Waals surface area contributed by atoms with Crippen LogP contribution in [0, 0.1) is 6.92 Å². The van der Waals surface area contributed by atoms with E-state index in [1.54, 1.807) is 42.0 Å². The average molecular weight is 566 g/mol. The van der Waals surface area contributed by atoms with Crippen LogP contribution in [0.15, 0.2) is 73.7 Å². The summed E-state index contributed by atoms with van der Waals surface area (Å²) in [7, 11) is 0. The Morgan fingerprint density at radius 3 is 2.74 bits per heavy atom. The van der Waals surface area contributed by atoms with Gasteiger partial charge < -0.3 is 35.0 Å². The largest absolute Gasteiger partial charge is 0.378 e. The number of H-pyrrole nitrogens is 1. The first-order valence-corrected chi connectivity index (χ1v) is 13.7. The second kappa shape index (κ2) is 12.1. The number of anilines is 3. The maximum atomic E-state index is 12.8. The number of imidazole rings is 2. The molecule has 1 aromatic carbocycles. The Hall–Kier alpha value is -5.23. The van der Waals surface area contributed by atoms with Crippen molar-refractivity contribution in [3.05, 3.63) is 90.5 Å². The molecule has 4 N–H and O–H groups in total. The van der Waals surface area contributed by atoms with Gasteiger partial charge in [0, 0.05) is 74.0 Å². The van der Waals surface area contributed by atoms with Crippen molar-refractivity contribution >= 4 is 34.8 Å². The SMILES string of the molecule is Cc1c(NC(=O)NCCc2cnc[nH]2)cccc1-c1cc(Nc2ccc(C(=O)N3CCOCC3)cn2)c2nccn2c1. The predicted molar refractivity (Wildman–Crippen MR) is 159 cm³/mol. The number of ether oxygens (including phenoxy) is 1. The van der Waals surface area contributed by atoms with Gasteiger partial charge in [-0.05, 0) is 42.3 Å². The van der Waals surface area contributed by atoms with E-state index in [0.29, 0.717) is 56.3 Å². The summed E-state index contributed by atoms with van der Waals surface area (Å²) < 4.78 is 7.29. The van der Waals surface area contributed by atoms with Crippen LogP contribution in [0.1, 0.15) is 21.6 Å². The minimum absolute atomic E-state index is 0.0505. The van der Waals surface area contributed by atoms with Crippen molar-refractivity contribution in [2.75, 3.05) is 43.5 Å². The quantitative estimate of drug-likeness (QED) is 0.223. The standard InChI is InChI=1S/C30H31N9O3/c1-20-24(3-2-4-25(20)37-30(41)33-8-7-23-17-31-19-35-23)22-15-26(28-32-9-10-39(28)18-22)36-27-6-5-21(16-34-27)29(40)38-11-13-42-14-12-38/h2-6,9-10,15-19H,7-8,11-14H2,1H3,(H,31,35)(H,34,36)(H2,33,37,41). The molecule has 1 aliphatic heterocycles. The molecule has 0 atom stereocenters. The number of aromatic amines is 1. The van der Waals surface area contributed by atoms with Crippen molar-refractivity contribution in [2.45, 2.75) is 13.3 Å². The zero-order valence-electron chi connectivity index (χ0n) is 23.1. The molecule has 6 rings (SSSR count). The van der Waals surface area contributed by atoms with Gasteiger partial charge in [0.05, 0.1) is 30.8 Å². The topological polar surface area (TPSA) is 142 Å². The van der Waals surface area contributed by atoms with E-state index < -0.39 is 0 Å². The summed E-state index contributed by atoms with van der Waals surface area (Å²) in [5.74, 6) is 0.542. The van der Waals surface area contributed by atoms with E-state index in [9.17, 15) is 9.59 Å². The van der Waals surface area contributed by atoms with Crippen LogP contribution < -0.4 is 16.0 Å². The molecule has 1 aliphatic rings. The molecule has 5 aromatic rings. The van der Waals surface area contributed by atoms with Crippen LogP contribution in [-0.4, -0.2) is 74.0 Å². The Morgan fingerprint density at radius 1 is 1.07 bits per heavy atom. The summed E-state index contributed by atoms with van der Waals surface area (Å²) in [5, 5.41) is 9.22. The Kier molecular flexibility index (Phi) is 7.77. The summed E-state index contributed by atoms with van der Waals surface area (Å²) in [5.41, 5.74) is 6.52. The van der Waals surface area contributed by atoms with E-state index in [-0.39, 0.29) is 11.9 Å². The highest BCUT2D eigenvalue weighted by Gasteiger charge is 2.19. The third kappa shape index (κ3) is 5.93. The Bertz CT molecular complexity index is 1690. The molecule has 4 aromatic heterocycles. The number of urea groups is 1. The molecule has 12 nitrogen and oxygen atoms in total. The fraction of sp³-hybridized carbons (Fsp3) is 0.233. The number of nitrogens with one attached hydrogen (secondary N) is 4. The normalized spacial score (nSPS) is 13.2. The summed E-state index contributed by atoms with van der Waals surface area (Å²) in [6, 6.07) is 11.1. The van der Waals surface area contributed by atoms with E-state index in [2.05, 4.69) is 35.9 Å². The lowest BCUT2D eigenvalue weighted by Gasteiger charge is -2.26. The average Bonchev–Trinajstić information content (AvgIpc) is 3.71. The van der Waals surface area contributed by atoms with Crippen LogP contribution in [0.2, 0.25) is 0 Å². The molecular weight excluding hydrogens is 534 g/mol. The highest BCUT2D eigenvalue weighted by atomic mass is 16.5. The first-order valence-electron chi connectivity index (χ1n) is 13.7. The third-order valence-corrected chi connectivity index (χ3v) is 7.19. The lowest BCUT2D eigenvalue weighted by atomic mass is 10.00. The van der Waals surface area contributed by atoms with E-state index >= 15 is 0 Å². The molecule has 214 valence electrons. The van der Waals surface area contributed by atoms with Crippen molar-refractivity contribution in [3.8, 4) is 11.1 Å². The number of nitrogens with zero attached hydrogens (tertiary/aromatic N) is 5. The van der Waals surface area contributed by atoms with Gasteiger partial charge >= 0.3 is 6.03 Å². The summed E-state index contributed by atoms with van der Waals surface area (Å²) in [6.45, 7) is 4.72. The number of hydrogen-bond donors (Lipinski definition) is 4. The van der Waals surface area contributed by atoms with Crippen LogP contribution >= 0.6 is 0 Å². The molecule has 3 amide bonds. The van der Waals surface area contributed by atoms with E-state index in [1.807, 2.05) is 48.0 Å². The molecule has 0 unspecified atom stereocenters. The lowest BCUT2D eigenvalue weighted by molar-refractivity contribution is 0.0302. The van der Waals surface area contributed by atoms with Crippen molar-refractivity contribution in [1.82, 2.24) is 34.6 Å². The number of morpholine rings is 1. The maximum absolute atomic E-state index is 12.8. The van der Waals surface area contributed by atoms with Gasteiger partial charge in [0.2, 0.25) is 0 Å². The van der Waals surface area contributed by atoms with E-state index in [1.165, 1.54) is 0 Å². The van der Waals surface area contributed by atoms with Crippen LogP contribution in [-0.2, 0) is 11.2 Å². The second-order valence-corrected chi connectivity index (χ2v) is 9.95. The van der Waals surface area contributed by atoms with E-state index in [0.717, 1.165) is 33.7 Å². The minimum Gasteiger partial charge on any atom is -0.378 e. The summed E-state index contributed by atoms with van der Waals surface area (Å²) in [6.07, 6.45) is 11.2. The zero-order valence-corrected chi connectivity index (χ0v) is 23.1. The number of fused-ring (bicyclic) bond motifs is 1. The van der Waals surface area contributed by atoms with Crippen LogP contribution in [0.3, 0.4) is 0 Å². The van der Waals surface area contributed by atoms with Gasteiger partial charge in [-0.1, -0.05) is 12.1 Å². The fourth-order valence-electron chi connectivity index (χ4n) is 4.94. The molecule has 5 heterocycles. The molecule has 0 saturated carbocycles. The molecule has 42 heavy (non-hydrogen) atoms. The number of rotatable bonds is 8. The van der Waals surface area contributed by atoms with Gasteiger partial charge in [-0.25, -0.2) is 19.7 Å². The molecule has 0 bridgehead atoms. The number of carbonyl (C=O) groups is 2. The third-order valence-electron chi connectivity index (χ3n) is 7.19. The zero-order chi connectivity index (χ0) is 28.9. The van der Waals surface area contributed by atoms with Gasteiger partial charge in [-0.15, -0.1) is 0 Å². The van der Waals surface area contributed by atoms with Crippen LogP contribution in [0.25, 0.3) is 16.8 Å². The first-order chi connectivity index (χ1) is 20.5. The molecule has 0 radical (unpaired) electrons. The van der Waals surface area contributed by atoms with Crippen molar-refractivity contribution in [3.63, 3.8) is 0 Å². The molecular formula is C30H31N9O3. The highest BCUT2D eigenvalue weighted by Crippen LogP contribution is 2.32. The Balaban J connectivity index is 1.19. The molecule has 12 heteroatoms. The number of carbonyl (C=O) groups excluding carboxylic acids is 2. The van der Waals surface area contributed by atoms with Crippen molar-refractivity contribution < 1.29 is 14.3 Å². The minimum atomic E-state index is -0.274. The lowest BCUT2D eigenvalue weighted by Crippen LogP contribution is -2.40. The number of hydrogen-bond acceptors (Lipinski definition) is 7. The Labute approximate surface area is 242 Å². The number of amides is 3. The predicted octanol–water partition coefficient (Wildman–Crippen LogP) is 4.01. The second-order valence-electron chi connectivity index (χ2n) is 9.95. The van der Waals surface area contributed by atoms with E-state index in [4.69, 9.17) is 4.74 Å². The maximum Gasteiger partial charge on any atom is 0.319 e. The Morgan fingerprint density at radius 2 is 1.95 bits per heavy atom.